The highest BCUT2D eigenvalue weighted by atomic mass is 32.2. The Morgan fingerprint density at radius 1 is 0.971 bits per heavy atom. The third-order valence-electron chi connectivity index (χ3n) is 16.3. The Hall–Kier alpha value is -5.91. The van der Waals surface area contributed by atoms with Crippen molar-refractivity contribution in [3.8, 4) is 17.2 Å². The number of pyridine rings is 1. The molecule has 16 nitrogen and oxygen atoms in total. The van der Waals surface area contributed by atoms with Gasteiger partial charge in [-0.2, -0.15) is 0 Å². The molecule has 0 bridgehead atoms. The summed E-state index contributed by atoms with van der Waals surface area (Å²) in [5.74, 6) is 0.665. The zero-order valence-corrected chi connectivity index (χ0v) is 41.0. The fourth-order valence-corrected chi connectivity index (χ4v) is 13.1. The Morgan fingerprint density at radius 3 is 2.49 bits per heavy atom. The average Bonchev–Trinajstić information content (AvgIpc) is 3.81. The van der Waals surface area contributed by atoms with Crippen LogP contribution in [0.2, 0.25) is 0 Å². The summed E-state index contributed by atoms with van der Waals surface area (Å²) >= 11 is 0. The molecule has 5 heterocycles. The van der Waals surface area contributed by atoms with Crippen molar-refractivity contribution in [3.63, 3.8) is 0 Å². The molecular weight excluding hydrogens is 909 g/mol. The number of nitrogens with zero attached hydrogens (tertiary/aromatic N) is 4. The normalized spacial score (nSPS) is 24.7. The van der Waals surface area contributed by atoms with Crippen LogP contribution in [0.4, 0.5) is 22.9 Å². The van der Waals surface area contributed by atoms with Gasteiger partial charge in [-0.25, -0.2) is 18.1 Å². The topological polar surface area (TPSA) is 204 Å². The van der Waals surface area contributed by atoms with E-state index in [9.17, 15) is 28.4 Å². The van der Waals surface area contributed by atoms with Crippen molar-refractivity contribution < 1.29 is 32.7 Å². The Balaban J connectivity index is 0.833. The number of carbonyl (C=O) groups is 1. The van der Waals surface area contributed by atoms with E-state index < -0.39 is 37.0 Å². The number of aromatic nitrogens is 2. The summed E-state index contributed by atoms with van der Waals surface area (Å²) in [5, 5.41) is 30.5. The van der Waals surface area contributed by atoms with Gasteiger partial charge < -0.3 is 35.1 Å². The summed E-state index contributed by atoms with van der Waals surface area (Å²) in [7, 11) is -4.69. The predicted molar refractivity (Wildman–Crippen MR) is 269 cm³/mol. The summed E-state index contributed by atoms with van der Waals surface area (Å²) in [6.45, 7) is 9.35. The molecule has 2 saturated heterocycles. The number of hydrogen-bond acceptors (Lipinski definition) is 13. The maximum Gasteiger partial charge on any atom is 0.297 e. The number of fused-ring (bicyclic) bond motifs is 2. The minimum atomic E-state index is -4.69. The van der Waals surface area contributed by atoms with E-state index in [2.05, 4.69) is 68.3 Å². The van der Waals surface area contributed by atoms with E-state index in [0.717, 1.165) is 62.5 Å². The van der Waals surface area contributed by atoms with Crippen LogP contribution in [0.15, 0.2) is 77.8 Å². The molecule has 1 spiro atoms. The number of H-pyrrole nitrogens is 1. The quantitative estimate of drug-likeness (QED) is 0.0551. The third kappa shape index (κ3) is 9.16. The largest absolute Gasteiger partial charge is 0.489 e. The van der Waals surface area contributed by atoms with Crippen molar-refractivity contribution >= 4 is 49.8 Å². The highest BCUT2D eigenvalue weighted by molar-refractivity contribution is 7.90. The van der Waals surface area contributed by atoms with Crippen molar-refractivity contribution in [1.29, 1.82) is 0 Å². The summed E-state index contributed by atoms with van der Waals surface area (Å²) < 4.78 is 43.2. The summed E-state index contributed by atoms with van der Waals surface area (Å²) in [6, 6.07) is 21.1. The molecule has 370 valence electrons. The number of nitrogens with one attached hydrogen (secondary N) is 4. The molecule has 70 heavy (non-hydrogen) atoms. The van der Waals surface area contributed by atoms with Crippen molar-refractivity contribution in [2.24, 2.45) is 11.3 Å². The van der Waals surface area contributed by atoms with E-state index in [-0.39, 0.29) is 52.8 Å². The minimum absolute atomic E-state index is 0.00572. The molecule has 1 amide bonds. The van der Waals surface area contributed by atoms with Crippen molar-refractivity contribution in [2.75, 3.05) is 41.8 Å². The van der Waals surface area contributed by atoms with Gasteiger partial charge >= 0.3 is 0 Å². The number of rotatable bonds is 13. The van der Waals surface area contributed by atoms with Gasteiger partial charge in [-0.1, -0.05) is 38.1 Å². The first-order chi connectivity index (χ1) is 33.6. The van der Waals surface area contributed by atoms with Crippen LogP contribution in [0.3, 0.4) is 0 Å². The molecule has 0 unspecified atom stereocenters. The van der Waals surface area contributed by atoms with Gasteiger partial charge in [-0.05, 0) is 143 Å². The van der Waals surface area contributed by atoms with Crippen molar-refractivity contribution in [3.05, 3.63) is 99.7 Å². The first-order valence-electron chi connectivity index (χ1n) is 25.3. The standard InChI is InChI=1S/C53H64N8O8S/c1-32(2)39-7-4-5-8-40(39)43-9-6-22-60(43)37-29-53(30-37)19-23-59(24-20-53)36-12-13-41(45(26-36)69-47-25-34-16-21-54-49(34)57-50(47)55-35-10-11-35)51(62)58-70(66,67)38-27-44(61(64)65)48-46(28-38)68-31-42(56-48)33-14-17-52(3,63)18-15-33/h4-5,7-8,12-13,16,21,25-28,32-33,35,37,42-43,56,63H,6,9-11,14-15,17-20,22-24,29-31H2,1-3H3,(H,58,62)(H2,54,55,57)/t33?,42-,43+,52?/m1/s1. The molecule has 3 aliphatic carbocycles. The first kappa shape index (κ1) is 46.5. The second-order valence-corrected chi connectivity index (χ2v) is 23.3. The number of piperidine rings is 1. The molecule has 11 rings (SSSR count). The van der Waals surface area contributed by atoms with Gasteiger partial charge in [-0.15, -0.1) is 0 Å². The van der Waals surface area contributed by atoms with Crippen LogP contribution >= 0.6 is 0 Å². The zero-order chi connectivity index (χ0) is 48.5. The highest BCUT2D eigenvalue weighted by Gasteiger charge is 2.50. The molecule has 2 aromatic heterocycles. The van der Waals surface area contributed by atoms with E-state index in [4.69, 9.17) is 14.5 Å². The van der Waals surface area contributed by atoms with Crippen LogP contribution in [-0.4, -0.2) is 89.2 Å². The fourth-order valence-electron chi connectivity index (χ4n) is 12.1. The van der Waals surface area contributed by atoms with Crippen molar-refractivity contribution in [2.45, 2.75) is 138 Å². The number of hydrogen-bond donors (Lipinski definition) is 5. The van der Waals surface area contributed by atoms with Crippen LogP contribution < -0.4 is 29.7 Å². The SMILES string of the molecule is CC(C)c1ccccc1[C@@H]1CCCN1C1CC2(CCN(c3ccc(C(=O)NS(=O)(=O)c4cc5c(c([N+](=O)[O-])c4)N[C@@H](C4CCC(C)(O)CC4)CO5)c(Oc4cc5cc[nH]c5nc4NC4CC4)c3)CC2)C1. The van der Waals surface area contributed by atoms with E-state index in [0.29, 0.717) is 60.9 Å². The molecule has 5 fully saturated rings. The second kappa shape index (κ2) is 18.0. The monoisotopic (exact) mass is 972 g/mol. The molecule has 5 aromatic rings. The lowest BCUT2D eigenvalue weighted by molar-refractivity contribution is -0.384. The van der Waals surface area contributed by atoms with Crippen LogP contribution in [0.5, 0.6) is 17.2 Å². The average molecular weight is 973 g/mol. The maximum atomic E-state index is 14.4. The Kier molecular flexibility index (Phi) is 12.0. The number of carbonyl (C=O) groups excluding carboxylic acids is 1. The predicted octanol–water partition coefficient (Wildman–Crippen LogP) is 9.78. The van der Waals surface area contributed by atoms with Crippen LogP contribution in [-0.2, 0) is 10.0 Å². The first-order valence-corrected chi connectivity index (χ1v) is 26.8. The number of sulfonamides is 1. The van der Waals surface area contributed by atoms with E-state index in [1.807, 2.05) is 25.1 Å². The second-order valence-electron chi connectivity index (χ2n) is 21.6. The Morgan fingerprint density at radius 2 is 1.74 bits per heavy atom. The molecule has 2 atom stereocenters. The van der Waals surface area contributed by atoms with Gasteiger partial charge in [0, 0.05) is 66.7 Å². The van der Waals surface area contributed by atoms with E-state index in [1.165, 1.54) is 42.9 Å². The number of benzene rings is 3. The molecule has 3 aromatic carbocycles. The maximum absolute atomic E-state index is 14.4. The number of aromatic amines is 1. The molecule has 3 aliphatic heterocycles. The Bertz CT molecular complexity index is 2930. The summed E-state index contributed by atoms with van der Waals surface area (Å²) in [4.78, 5) is 38.8. The molecular formula is C53H64N8O8S. The molecule has 3 saturated carbocycles. The minimum Gasteiger partial charge on any atom is -0.489 e. The van der Waals surface area contributed by atoms with Crippen LogP contribution in [0, 0.1) is 21.4 Å². The van der Waals surface area contributed by atoms with E-state index in [1.54, 1.807) is 18.3 Å². The number of likely N-dealkylation sites (tertiary alicyclic amines) is 1. The van der Waals surface area contributed by atoms with Gasteiger partial charge in [0.2, 0.25) is 0 Å². The van der Waals surface area contributed by atoms with Gasteiger partial charge in [0.1, 0.15) is 18.0 Å². The number of amides is 1. The van der Waals surface area contributed by atoms with Gasteiger partial charge in [0.25, 0.3) is 21.6 Å². The van der Waals surface area contributed by atoms with Crippen molar-refractivity contribution in [1.82, 2.24) is 19.6 Å². The van der Waals surface area contributed by atoms with E-state index >= 15 is 0 Å². The smallest absolute Gasteiger partial charge is 0.297 e. The lowest BCUT2D eigenvalue weighted by Crippen LogP contribution is -2.54. The molecule has 17 heteroatoms. The number of nitro groups is 1. The number of anilines is 3. The van der Waals surface area contributed by atoms with Gasteiger partial charge in [0.15, 0.2) is 23.0 Å². The zero-order valence-electron chi connectivity index (χ0n) is 40.2. The summed E-state index contributed by atoms with van der Waals surface area (Å²) in [6.07, 6.45) is 13.3. The number of nitro benzene ring substituents is 1. The Labute approximate surface area is 409 Å². The highest BCUT2D eigenvalue weighted by Crippen LogP contribution is 2.54. The van der Waals surface area contributed by atoms with Gasteiger partial charge in [0.05, 0.1) is 27.0 Å². The van der Waals surface area contributed by atoms with Crippen LogP contribution in [0.1, 0.15) is 131 Å². The number of ether oxygens (including phenoxy) is 2. The lowest BCUT2D eigenvalue weighted by Gasteiger charge is -2.56. The molecule has 6 aliphatic rings. The fraction of sp³-hybridized carbons (Fsp3) is 0.509. The number of aliphatic hydroxyl groups is 1. The lowest BCUT2D eigenvalue weighted by atomic mass is 9.59. The third-order valence-corrected chi connectivity index (χ3v) is 17.6. The molecule has 5 N–H and O–H groups in total. The summed E-state index contributed by atoms with van der Waals surface area (Å²) in [5.41, 5.74) is 3.58. The molecule has 0 radical (unpaired) electrons. The van der Waals surface area contributed by atoms with Gasteiger partial charge in [-0.3, -0.25) is 19.8 Å². The van der Waals surface area contributed by atoms with Crippen LogP contribution in [0.25, 0.3) is 11.0 Å².